The zero-order valence-corrected chi connectivity index (χ0v) is 14.6. The van der Waals surface area contributed by atoms with E-state index in [0.717, 1.165) is 0 Å². The largest absolute Gasteiger partial charge is 0.427 e. The molecule has 0 aliphatic rings. The highest BCUT2D eigenvalue weighted by atomic mass is 16.6. The number of amides is 1. The van der Waals surface area contributed by atoms with Gasteiger partial charge in [0.25, 0.3) is 11.6 Å². The summed E-state index contributed by atoms with van der Waals surface area (Å²) in [6.45, 7) is 2.88. The number of nitriles is 1. The van der Waals surface area contributed by atoms with Crippen molar-refractivity contribution in [2.75, 3.05) is 5.32 Å². The Morgan fingerprint density at radius 1 is 1.26 bits per heavy atom. The number of benzene rings is 2. The van der Waals surface area contributed by atoms with Gasteiger partial charge in [-0.3, -0.25) is 19.7 Å². The van der Waals surface area contributed by atoms with Gasteiger partial charge in [-0.25, -0.2) is 0 Å². The maximum Gasteiger partial charge on any atom is 0.308 e. The predicted molar refractivity (Wildman–Crippen MR) is 97.8 cm³/mol. The summed E-state index contributed by atoms with van der Waals surface area (Å²) in [5.41, 5.74) is 1.09. The number of nitro groups is 1. The molecule has 0 heterocycles. The lowest BCUT2D eigenvalue weighted by Crippen LogP contribution is -2.14. The Morgan fingerprint density at radius 3 is 2.59 bits per heavy atom. The molecule has 2 aromatic carbocycles. The average Bonchev–Trinajstić information content (AvgIpc) is 2.60. The van der Waals surface area contributed by atoms with Crippen LogP contribution in [0.25, 0.3) is 6.08 Å². The number of carbonyl (C=O) groups is 2. The van der Waals surface area contributed by atoms with E-state index in [-0.39, 0.29) is 11.3 Å². The predicted octanol–water partition coefficient (Wildman–Crippen LogP) is 3.37. The number of nitrogens with one attached hydrogen (secondary N) is 1. The molecule has 0 atom stereocenters. The number of non-ortho nitro benzene ring substituents is 1. The summed E-state index contributed by atoms with van der Waals surface area (Å²) in [5.74, 6) is -0.851. The fourth-order valence-electron chi connectivity index (χ4n) is 2.24. The van der Waals surface area contributed by atoms with Crippen molar-refractivity contribution < 1.29 is 19.2 Å². The van der Waals surface area contributed by atoms with Crippen LogP contribution in [0, 0.1) is 28.4 Å². The van der Waals surface area contributed by atoms with E-state index < -0.39 is 16.8 Å². The highest BCUT2D eigenvalue weighted by Gasteiger charge is 2.13. The van der Waals surface area contributed by atoms with Gasteiger partial charge in [0, 0.05) is 24.7 Å². The third-order valence-corrected chi connectivity index (χ3v) is 3.46. The number of carbonyl (C=O) groups excluding carboxylic acids is 2. The second-order valence-electron chi connectivity index (χ2n) is 5.55. The smallest absolute Gasteiger partial charge is 0.308 e. The molecule has 8 heteroatoms. The van der Waals surface area contributed by atoms with Gasteiger partial charge in [0.1, 0.15) is 17.4 Å². The van der Waals surface area contributed by atoms with Gasteiger partial charge in [-0.2, -0.15) is 5.26 Å². The lowest BCUT2D eigenvalue weighted by molar-refractivity contribution is -0.384. The van der Waals surface area contributed by atoms with E-state index in [2.05, 4.69) is 5.32 Å². The number of nitrogens with zero attached hydrogens (tertiary/aromatic N) is 2. The number of rotatable bonds is 5. The number of ether oxygens (including phenoxy) is 1. The normalized spacial score (nSPS) is 10.6. The quantitative estimate of drug-likeness (QED) is 0.216. The molecule has 2 rings (SSSR count). The molecule has 0 radical (unpaired) electrons. The van der Waals surface area contributed by atoms with Crippen LogP contribution in [0.4, 0.5) is 11.4 Å². The van der Waals surface area contributed by atoms with Crippen LogP contribution in [0.2, 0.25) is 0 Å². The van der Waals surface area contributed by atoms with Crippen LogP contribution in [0.5, 0.6) is 5.75 Å². The lowest BCUT2D eigenvalue weighted by Gasteiger charge is -2.08. The van der Waals surface area contributed by atoms with Gasteiger partial charge in [-0.15, -0.1) is 0 Å². The minimum absolute atomic E-state index is 0.0937. The van der Waals surface area contributed by atoms with Gasteiger partial charge in [-0.05, 0) is 42.3 Å². The second-order valence-corrected chi connectivity index (χ2v) is 5.55. The summed E-state index contributed by atoms with van der Waals surface area (Å²) < 4.78 is 4.97. The monoisotopic (exact) mass is 365 g/mol. The molecule has 0 fully saturated rings. The van der Waals surface area contributed by atoms with E-state index in [0.29, 0.717) is 22.6 Å². The van der Waals surface area contributed by atoms with Crippen LogP contribution in [0.1, 0.15) is 18.1 Å². The van der Waals surface area contributed by atoms with Crippen molar-refractivity contribution >= 4 is 29.3 Å². The fourth-order valence-corrected chi connectivity index (χ4v) is 2.24. The number of hydrogen-bond acceptors (Lipinski definition) is 6. The standard InChI is InChI=1S/C19H15N3O5/c1-12-8-16(22(25)26)6-7-18(12)21-19(24)15(11-20)9-14-4-3-5-17(10-14)27-13(2)23/h3-10H,1-2H3,(H,21,24). The van der Waals surface area contributed by atoms with Gasteiger partial charge in [0.05, 0.1) is 4.92 Å². The first-order chi connectivity index (χ1) is 12.8. The van der Waals surface area contributed by atoms with Crippen LogP contribution < -0.4 is 10.1 Å². The second kappa shape index (κ2) is 8.40. The first-order valence-corrected chi connectivity index (χ1v) is 7.77. The molecule has 0 saturated carbocycles. The average molecular weight is 365 g/mol. The third kappa shape index (κ3) is 5.24. The van der Waals surface area contributed by atoms with Crippen molar-refractivity contribution in [3.05, 3.63) is 69.3 Å². The molecule has 8 nitrogen and oxygen atoms in total. The molecular weight excluding hydrogens is 350 g/mol. The first kappa shape index (κ1) is 19.3. The minimum Gasteiger partial charge on any atom is -0.427 e. The van der Waals surface area contributed by atoms with E-state index in [1.54, 1.807) is 25.1 Å². The van der Waals surface area contributed by atoms with Crippen LogP contribution in [0.15, 0.2) is 48.0 Å². The molecule has 0 aromatic heterocycles. The summed E-state index contributed by atoms with van der Waals surface area (Å²) in [6.07, 6.45) is 1.35. The number of nitro benzene ring substituents is 1. The van der Waals surface area contributed by atoms with E-state index in [9.17, 15) is 25.0 Å². The third-order valence-electron chi connectivity index (χ3n) is 3.46. The van der Waals surface area contributed by atoms with Gasteiger partial charge in [0.15, 0.2) is 0 Å². The molecule has 0 unspecified atom stereocenters. The van der Waals surface area contributed by atoms with Crippen LogP contribution in [-0.4, -0.2) is 16.8 Å². The lowest BCUT2D eigenvalue weighted by atomic mass is 10.1. The maximum atomic E-state index is 12.4. The van der Waals surface area contributed by atoms with Crippen molar-refractivity contribution in [3.8, 4) is 11.8 Å². The van der Waals surface area contributed by atoms with Crippen molar-refractivity contribution in [1.82, 2.24) is 0 Å². The van der Waals surface area contributed by atoms with Crippen molar-refractivity contribution in [3.63, 3.8) is 0 Å². The van der Waals surface area contributed by atoms with E-state index in [1.165, 1.54) is 37.3 Å². The zero-order chi connectivity index (χ0) is 20.0. The highest BCUT2D eigenvalue weighted by Crippen LogP contribution is 2.22. The number of esters is 1. The van der Waals surface area contributed by atoms with Crippen molar-refractivity contribution in [1.29, 1.82) is 5.26 Å². The maximum absolute atomic E-state index is 12.4. The molecule has 27 heavy (non-hydrogen) atoms. The Morgan fingerprint density at radius 2 is 2.00 bits per heavy atom. The Bertz CT molecular complexity index is 989. The fraction of sp³-hybridized carbons (Fsp3) is 0.105. The molecule has 1 N–H and O–H groups in total. The molecule has 136 valence electrons. The van der Waals surface area contributed by atoms with E-state index in [4.69, 9.17) is 4.74 Å². The Kier molecular flexibility index (Phi) is 6.02. The van der Waals surface area contributed by atoms with Crippen LogP contribution >= 0.6 is 0 Å². The molecule has 2 aromatic rings. The summed E-state index contributed by atoms with van der Waals surface area (Å²) >= 11 is 0. The molecule has 0 aliphatic carbocycles. The van der Waals surface area contributed by atoms with Crippen LogP contribution in [-0.2, 0) is 9.59 Å². The van der Waals surface area contributed by atoms with E-state index in [1.807, 2.05) is 6.07 Å². The Labute approximate surface area is 154 Å². The molecule has 0 saturated heterocycles. The zero-order valence-electron chi connectivity index (χ0n) is 14.6. The van der Waals surface area contributed by atoms with Crippen LogP contribution in [0.3, 0.4) is 0 Å². The molecular formula is C19H15N3O5. The molecule has 0 bridgehead atoms. The number of aryl methyl sites for hydroxylation is 1. The van der Waals surface area contributed by atoms with Gasteiger partial charge >= 0.3 is 5.97 Å². The summed E-state index contributed by atoms with van der Waals surface area (Å²) in [4.78, 5) is 33.6. The highest BCUT2D eigenvalue weighted by molar-refractivity contribution is 6.10. The van der Waals surface area contributed by atoms with Gasteiger partial charge in [0.2, 0.25) is 0 Å². The molecule has 1 amide bonds. The molecule has 0 spiro atoms. The number of anilines is 1. The Hall–Kier alpha value is -3.99. The van der Waals surface area contributed by atoms with Crippen molar-refractivity contribution in [2.45, 2.75) is 13.8 Å². The van der Waals surface area contributed by atoms with E-state index >= 15 is 0 Å². The van der Waals surface area contributed by atoms with Gasteiger partial charge in [-0.1, -0.05) is 12.1 Å². The minimum atomic E-state index is -0.660. The summed E-state index contributed by atoms with van der Waals surface area (Å²) in [7, 11) is 0. The molecule has 0 aliphatic heterocycles. The summed E-state index contributed by atoms with van der Waals surface area (Å²) in [6, 6.07) is 12.2. The topological polar surface area (TPSA) is 122 Å². The summed E-state index contributed by atoms with van der Waals surface area (Å²) in [5, 5.41) is 22.6. The van der Waals surface area contributed by atoms with Crippen molar-refractivity contribution in [2.24, 2.45) is 0 Å². The first-order valence-electron chi connectivity index (χ1n) is 7.77. The SMILES string of the molecule is CC(=O)Oc1cccc(C=C(C#N)C(=O)Nc2ccc([N+](=O)[O-])cc2C)c1. The number of hydrogen-bond donors (Lipinski definition) is 1. The van der Waals surface area contributed by atoms with Gasteiger partial charge < -0.3 is 10.1 Å². The Balaban J connectivity index is 2.23.